The third kappa shape index (κ3) is 7.30. The smallest absolute Gasteiger partial charge is 0.338 e. The highest BCUT2D eigenvalue weighted by molar-refractivity contribution is 5.89. The van der Waals surface area contributed by atoms with Crippen molar-refractivity contribution in [1.29, 1.82) is 0 Å². The second-order valence-corrected chi connectivity index (χ2v) is 5.89. The Bertz CT molecular complexity index is 486. The van der Waals surface area contributed by atoms with Crippen molar-refractivity contribution in [3.63, 3.8) is 0 Å². The zero-order chi connectivity index (χ0) is 17.8. The molecule has 4 nitrogen and oxygen atoms in total. The maximum Gasteiger partial charge on any atom is 0.338 e. The second kappa shape index (κ2) is 11.8. The maximum absolute atomic E-state index is 13.6. The van der Waals surface area contributed by atoms with Gasteiger partial charge in [0.1, 0.15) is 0 Å². The van der Waals surface area contributed by atoms with Crippen molar-refractivity contribution in [3.05, 3.63) is 29.6 Å². The number of nitrogens with zero attached hydrogens (tertiary/aromatic N) is 1. The van der Waals surface area contributed by atoms with Gasteiger partial charge >= 0.3 is 5.97 Å². The Morgan fingerprint density at radius 2 is 1.71 bits per heavy atom. The van der Waals surface area contributed by atoms with Gasteiger partial charge < -0.3 is 14.4 Å². The summed E-state index contributed by atoms with van der Waals surface area (Å²) in [4.78, 5) is 14.4. The Kier molecular flexibility index (Phi) is 10.1. The van der Waals surface area contributed by atoms with Crippen LogP contribution in [0.15, 0.2) is 18.2 Å². The molecule has 0 bridgehead atoms. The number of esters is 1. The predicted octanol–water partition coefficient (Wildman–Crippen LogP) is 4.28. The van der Waals surface area contributed by atoms with Crippen LogP contribution >= 0.6 is 0 Å². The minimum absolute atomic E-state index is 0.119. The first kappa shape index (κ1) is 20.4. The molecule has 1 aromatic rings. The average molecular weight is 339 g/mol. The monoisotopic (exact) mass is 339 g/mol. The van der Waals surface area contributed by atoms with Crippen molar-refractivity contribution in [2.45, 2.75) is 46.0 Å². The fraction of sp³-hybridized carbons (Fsp3) is 0.632. The van der Waals surface area contributed by atoms with Crippen LogP contribution in [0.4, 0.5) is 4.39 Å². The van der Waals surface area contributed by atoms with Gasteiger partial charge in [0.2, 0.25) is 0 Å². The molecule has 0 amide bonds. The van der Waals surface area contributed by atoms with Crippen LogP contribution in [-0.4, -0.2) is 44.2 Å². The van der Waals surface area contributed by atoms with Crippen LogP contribution in [-0.2, 0) is 4.74 Å². The van der Waals surface area contributed by atoms with Gasteiger partial charge in [-0.15, -0.1) is 0 Å². The van der Waals surface area contributed by atoms with Gasteiger partial charge in [0, 0.05) is 6.54 Å². The number of hydrogen-bond donors (Lipinski definition) is 0. The largest absolute Gasteiger partial charge is 0.494 e. The molecule has 24 heavy (non-hydrogen) atoms. The Morgan fingerprint density at radius 1 is 1.08 bits per heavy atom. The highest BCUT2D eigenvalue weighted by Crippen LogP contribution is 2.18. The first-order valence-corrected chi connectivity index (χ1v) is 8.85. The van der Waals surface area contributed by atoms with Gasteiger partial charge in [-0.05, 0) is 50.6 Å². The molecule has 5 heteroatoms. The van der Waals surface area contributed by atoms with Crippen LogP contribution in [0.3, 0.4) is 0 Å². The number of carbonyl (C=O) groups is 1. The van der Waals surface area contributed by atoms with Crippen LogP contribution in [0.1, 0.15) is 56.3 Å². The molecule has 0 radical (unpaired) electrons. The third-order valence-electron chi connectivity index (χ3n) is 3.90. The maximum atomic E-state index is 13.6. The van der Waals surface area contributed by atoms with Crippen LogP contribution in [0.25, 0.3) is 0 Å². The molecule has 0 fully saturated rings. The number of ether oxygens (including phenoxy) is 2. The second-order valence-electron chi connectivity index (χ2n) is 5.89. The number of benzene rings is 1. The van der Waals surface area contributed by atoms with E-state index >= 15 is 0 Å². The number of halogens is 1. The van der Waals surface area contributed by atoms with E-state index in [0.717, 1.165) is 32.1 Å². The summed E-state index contributed by atoms with van der Waals surface area (Å²) >= 11 is 0. The molecule has 0 aromatic heterocycles. The van der Waals surface area contributed by atoms with E-state index in [1.54, 1.807) is 0 Å². The summed E-state index contributed by atoms with van der Waals surface area (Å²) in [5.74, 6) is -0.934. The van der Waals surface area contributed by atoms with Crippen molar-refractivity contribution in [2.24, 2.45) is 0 Å². The number of rotatable bonds is 12. The minimum Gasteiger partial charge on any atom is -0.494 e. The van der Waals surface area contributed by atoms with Crippen molar-refractivity contribution >= 4 is 5.97 Å². The summed E-state index contributed by atoms with van der Waals surface area (Å²) in [6.45, 7) is 7.83. The summed E-state index contributed by atoms with van der Waals surface area (Å²) in [5, 5.41) is 0. The molecule has 0 heterocycles. The lowest BCUT2D eigenvalue weighted by Crippen LogP contribution is -2.28. The summed E-state index contributed by atoms with van der Waals surface area (Å²) in [5.41, 5.74) is 0.210. The van der Waals surface area contributed by atoms with E-state index in [9.17, 15) is 9.18 Å². The van der Waals surface area contributed by atoms with E-state index in [2.05, 4.69) is 18.7 Å². The quantitative estimate of drug-likeness (QED) is 0.421. The summed E-state index contributed by atoms with van der Waals surface area (Å²) in [6.07, 6.45) is 5.53. The lowest BCUT2D eigenvalue weighted by molar-refractivity contribution is 0.0487. The van der Waals surface area contributed by atoms with E-state index in [0.29, 0.717) is 6.61 Å². The molecule has 0 saturated carbocycles. The molecule has 0 N–H and O–H groups in total. The SMILES string of the molecule is CCCCN(CCCC)CCCOC(=O)c1ccc(OC)c(F)c1. The molecule has 0 atom stereocenters. The van der Waals surface area contributed by atoms with E-state index in [4.69, 9.17) is 9.47 Å². The molecule has 0 unspecified atom stereocenters. The molecular formula is C19H30FNO3. The van der Waals surface area contributed by atoms with Crippen molar-refractivity contribution in [2.75, 3.05) is 33.4 Å². The van der Waals surface area contributed by atoms with Gasteiger partial charge in [0.15, 0.2) is 11.6 Å². The summed E-state index contributed by atoms with van der Waals surface area (Å²) < 4.78 is 23.7. The number of carbonyl (C=O) groups excluding carboxylic acids is 1. The standard InChI is InChI=1S/C19H30FNO3/c1-4-6-11-21(12-7-5-2)13-8-14-24-19(22)16-9-10-18(23-3)17(20)15-16/h9-10,15H,4-8,11-14H2,1-3H3. The fourth-order valence-corrected chi connectivity index (χ4v) is 2.43. The fourth-order valence-electron chi connectivity index (χ4n) is 2.43. The normalized spacial score (nSPS) is 10.9. The molecule has 0 aliphatic rings. The van der Waals surface area contributed by atoms with Crippen LogP contribution < -0.4 is 4.74 Å². The molecule has 0 aliphatic carbocycles. The first-order valence-electron chi connectivity index (χ1n) is 8.85. The van der Waals surface area contributed by atoms with Crippen molar-refractivity contribution < 1.29 is 18.7 Å². The van der Waals surface area contributed by atoms with E-state index in [1.807, 2.05) is 0 Å². The van der Waals surface area contributed by atoms with E-state index in [1.165, 1.54) is 44.9 Å². The summed E-state index contributed by atoms with van der Waals surface area (Å²) in [7, 11) is 1.39. The highest BCUT2D eigenvalue weighted by atomic mass is 19.1. The third-order valence-corrected chi connectivity index (χ3v) is 3.90. The van der Waals surface area contributed by atoms with Crippen molar-refractivity contribution in [1.82, 2.24) is 4.90 Å². The Balaban J connectivity index is 2.36. The van der Waals surface area contributed by atoms with Gasteiger partial charge in [0.05, 0.1) is 19.3 Å². The van der Waals surface area contributed by atoms with Crippen LogP contribution in [0, 0.1) is 5.82 Å². The zero-order valence-corrected chi connectivity index (χ0v) is 15.1. The van der Waals surface area contributed by atoms with Crippen LogP contribution in [0.2, 0.25) is 0 Å². The van der Waals surface area contributed by atoms with E-state index in [-0.39, 0.29) is 11.3 Å². The summed E-state index contributed by atoms with van der Waals surface area (Å²) in [6, 6.07) is 4.10. The number of methoxy groups -OCH3 is 1. The van der Waals surface area contributed by atoms with E-state index < -0.39 is 11.8 Å². The van der Waals surface area contributed by atoms with Gasteiger partial charge in [-0.2, -0.15) is 0 Å². The van der Waals surface area contributed by atoms with Crippen molar-refractivity contribution in [3.8, 4) is 5.75 Å². The molecule has 1 rings (SSSR count). The molecule has 0 saturated heterocycles. The van der Waals surface area contributed by atoms with Crippen LogP contribution in [0.5, 0.6) is 5.75 Å². The average Bonchev–Trinajstić information content (AvgIpc) is 2.59. The highest BCUT2D eigenvalue weighted by Gasteiger charge is 2.11. The Labute approximate surface area is 144 Å². The minimum atomic E-state index is -0.558. The zero-order valence-electron chi connectivity index (χ0n) is 15.1. The molecular weight excluding hydrogens is 309 g/mol. The van der Waals surface area contributed by atoms with Gasteiger partial charge in [-0.3, -0.25) is 0 Å². The molecule has 1 aromatic carbocycles. The van der Waals surface area contributed by atoms with Gasteiger partial charge in [-0.1, -0.05) is 26.7 Å². The lowest BCUT2D eigenvalue weighted by atomic mass is 10.2. The number of hydrogen-bond acceptors (Lipinski definition) is 4. The molecule has 0 aliphatic heterocycles. The number of unbranched alkanes of at least 4 members (excludes halogenated alkanes) is 2. The topological polar surface area (TPSA) is 38.8 Å². The Morgan fingerprint density at radius 3 is 2.25 bits per heavy atom. The Hall–Kier alpha value is -1.62. The molecule has 136 valence electrons. The predicted molar refractivity (Wildman–Crippen MR) is 94.1 cm³/mol. The van der Waals surface area contributed by atoms with Gasteiger partial charge in [-0.25, -0.2) is 9.18 Å². The first-order chi connectivity index (χ1) is 11.6. The lowest BCUT2D eigenvalue weighted by Gasteiger charge is -2.21. The molecule has 0 spiro atoms. The van der Waals surface area contributed by atoms with Gasteiger partial charge in [0.25, 0.3) is 0 Å².